The number of hydrogen-bond donors (Lipinski definition) is 1. The number of nitrogens with zero attached hydrogens (tertiary/aromatic N) is 1. The summed E-state index contributed by atoms with van der Waals surface area (Å²) >= 11 is 1.84. The van der Waals surface area contributed by atoms with E-state index in [9.17, 15) is 4.79 Å². The van der Waals surface area contributed by atoms with Crippen LogP contribution < -0.4 is 5.73 Å². The number of nitrogens with two attached hydrogens (primary N) is 1. The Morgan fingerprint density at radius 3 is 2.89 bits per heavy atom. The predicted molar refractivity (Wildman–Crippen MR) is 78.1 cm³/mol. The Morgan fingerprint density at radius 1 is 1.53 bits per heavy atom. The molecule has 2 aliphatic rings. The van der Waals surface area contributed by atoms with Crippen LogP contribution in [0.3, 0.4) is 0 Å². The molecule has 2 heterocycles. The molecule has 2 N–H and O–H groups in total. The molecule has 0 spiro atoms. The second kappa shape index (κ2) is 4.60. The molecule has 0 radical (unpaired) electrons. The lowest BCUT2D eigenvalue weighted by atomic mass is 9.93. The number of amides is 1. The van der Waals surface area contributed by atoms with Gasteiger partial charge in [0.05, 0.1) is 6.04 Å². The van der Waals surface area contributed by atoms with E-state index < -0.39 is 5.54 Å². The van der Waals surface area contributed by atoms with E-state index in [2.05, 4.69) is 16.3 Å². The molecule has 1 amide bonds. The Bertz CT molecular complexity index is 485. The van der Waals surface area contributed by atoms with Crippen LogP contribution >= 0.6 is 11.3 Å². The molecule has 1 fully saturated rings. The molecule has 1 atom stereocenters. The van der Waals surface area contributed by atoms with Crippen LogP contribution in [0.25, 0.3) is 0 Å². The lowest BCUT2D eigenvalue weighted by Gasteiger charge is -2.37. The molecule has 1 aliphatic carbocycles. The van der Waals surface area contributed by atoms with Crippen LogP contribution in [0.4, 0.5) is 0 Å². The third-order valence-corrected chi connectivity index (χ3v) is 5.01. The summed E-state index contributed by atoms with van der Waals surface area (Å²) in [5.74, 6) is 0.903. The highest BCUT2D eigenvalue weighted by Crippen LogP contribution is 2.48. The van der Waals surface area contributed by atoms with Gasteiger partial charge in [-0.05, 0) is 56.0 Å². The quantitative estimate of drug-likeness (QED) is 0.924. The zero-order valence-electron chi connectivity index (χ0n) is 11.7. The Kier molecular flexibility index (Phi) is 3.18. The Balaban J connectivity index is 1.84. The molecule has 1 aromatic rings. The fraction of sp³-hybridized carbons (Fsp3) is 0.667. The smallest absolute Gasteiger partial charge is 0.224 e. The van der Waals surface area contributed by atoms with Gasteiger partial charge in [0.25, 0.3) is 0 Å². The average molecular weight is 278 g/mol. The molecule has 1 unspecified atom stereocenters. The van der Waals surface area contributed by atoms with Gasteiger partial charge in [0.2, 0.25) is 5.91 Å². The van der Waals surface area contributed by atoms with Gasteiger partial charge in [-0.2, -0.15) is 0 Å². The number of hydrogen-bond acceptors (Lipinski definition) is 3. The largest absolute Gasteiger partial charge is 0.335 e. The van der Waals surface area contributed by atoms with Crippen molar-refractivity contribution >= 4 is 17.2 Å². The lowest BCUT2D eigenvalue weighted by molar-refractivity contribution is -0.135. The molecule has 104 valence electrons. The van der Waals surface area contributed by atoms with E-state index >= 15 is 0 Å². The Morgan fingerprint density at radius 2 is 2.26 bits per heavy atom. The van der Waals surface area contributed by atoms with E-state index in [4.69, 9.17) is 5.73 Å². The molecule has 0 aromatic carbocycles. The Hall–Kier alpha value is -0.870. The van der Waals surface area contributed by atoms with Gasteiger partial charge in [-0.15, -0.1) is 11.3 Å². The van der Waals surface area contributed by atoms with Crippen molar-refractivity contribution in [2.75, 3.05) is 6.54 Å². The standard InChI is InChI=1S/C15H22N2OS/c1-15(2,16)9-13(18)17-7-5-12-11(6-8-19-12)14(17)10-3-4-10/h6,8,10,14H,3-5,7,9,16H2,1-2H3. The van der Waals surface area contributed by atoms with Gasteiger partial charge in [0.1, 0.15) is 0 Å². The minimum absolute atomic E-state index is 0.223. The van der Waals surface area contributed by atoms with Crippen LogP contribution in [0.15, 0.2) is 11.4 Å². The van der Waals surface area contributed by atoms with Crippen molar-refractivity contribution in [3.8, 4) is 0 Å². The summed E-state index contributed by atoms with van der Waals surface area (Å²) in [5, 5.41) is 2.17. The highest BCUT2D eigenvalue weighted by Gasteiger charge is 2.42. The predicted octanol–water partition coefficient (Wildman–Crippen LogP) is 2.71. The molecule has 1 saturated carbocycles. The maximum absolute atomic E-state index is 12.5. The SMILES string of the molecule is CC(C)(N)CC(=O)N1CCc2sccc2C1C1CC1. The van der Waals surface area contributed by atoms with E-state index in [0.29, 0.717) is 18.4 Å². The zero-order chi connectivity index (χ0) is 13.6. The zero-order valence-corrected chi connectivity index (χ0v) is 12.5. The molecular formula is C15H22N2OS. The van der Waals surface area contributed by atoms with Crippen LogP contribution in [0.2, 0.25) is 0 Å². The van der Waals surface area contributed by atoms with Gasteiger partial charge in [-0.1, -0.05) is 0 Å². The van der Waals surface area contributed by atoms with Crippen LogP contribution in [0, 0.1) is 5.92 Å². The normalized spacial score (nSPS) is 23.3. The van der Waals surface area contributed by atoms with E-state index in [1.165, 1.54) is 23.3 Å². The van der Waals surface area contributed by atoms with Crippen molar-refractivity contribution in [2.24, 2.45) is 11.7 Å². The lowest BCUT2D eigenvalue weighted by Crippen LogP contribution is -2.45. The molecule has 3 rings (SSSR count). The summed E-state index contributed by atoms with van der Waals surface area (Å²) in [6.45, 7) is 4.72. The summed E-state index contributed by atoms with van der Waals surface area (Å²) in [6, 6.07) is 2.54. The van der Waals surface area contributed by atoms with Gasteiger partial charge < -0.3 is 10.6 Å². The number of carbonyl (C=O) groups is 1. The average Bonchev–Trinajstić information content (AvgIpc) is 3.02. The number of thiophene rings is 1. The van der Waals surface area contributed by atoms with E-state index in [0.717, 1.165) is 13.0 Å². The van der Waals surface area contributed by atoms with Gasteiger partial charge in [-0.25, -0.2) is 0 Å². The van der Waals surface area contributed by atoms with Crippen molar-refractivity contribution in [2.45, 2.75) is 51.1 Å². The van der Waals surface area contributed by atoms with Crippen LogP contribution in [0.1, 0.15) is 49.6 Å². The fourth-order valence-corrected chi connectivity index (χ4v) is 3.95. The molecule has 0 bridgehead atoms. The third-order valence-electron chi connectivity index (χ3n) is 4.01. The first-order chi connectivity index (χ1) is 8.96. The monoisotopic (exact) mass is 278 g/mol. The van der Waals surface area contributed by atoms with Crippen molar-refractivity contribution < 1.29 is 4.79 Å². The van der Waals surface area contributed by atoms with E-state index in [1.807, 2.05) is 25.2 Å². The third kappa shape index (κ3) is 2.70. The van der Waals surface area contributed by atoms with Gasteiger partial charge >= 0.3 is 0 Å². The van der Waals surface area contributed by atoms with Gasteiger partial charge in [-0.3, -0.25) is 4.79 Å². The number of fused-ring (bicyclic) bond motifs is 1. The molecule has 3 nitrogen and oxygen atoms in total. The van der Waals surface area contributed by atoms with Crippen molar-refractivity contribution in [1.29, 1.82) is 0 Å². The van der Waals surface area contributed by atoms with Gasteiger partial charge in [0, 0.05) is 23.4 Å². The minimum atomic E-state index is -0.417. The fourth-order valence-electron chi connectivity index (χ4n) is 3.04. The van der Waals surface area contributed by atoms with Crippen LogP contribution in [-0.2, 0) is 11.2 Å². The molecular weight excluding hydrogens is 256 g/mol. The molecule has 0 saturated heterocycles. The van der Waals surface area contributed by atoms with Crippen LogP contribution in [-0.4, -0.2) is 22.9 Å². The van der Waals surface area contributed by atoms with Crippen molar-refractivity contribution in [3.63, 3.8) is 0 Å². The summed E-state index contributed by atoms with van der Waals surface area (Å²) in [4.78, 5) is 16.1. The maximum Gasteiger partial charge on any atom is 0.224 e. The first-order valence-electron chi connectivity index (χ1n) is 7.10. The van der Waals surface area contributed by atoms with Crippen molar-refractivity contribution in [1.82, 2.24) is 4.90 Å². The van der Waals surface area contributed by atoms with E-state index in [1.54, 1.807) is 0 Å². The molecule has 1 aromatic heterocycles. The summed E-state index contributed by atoms with van der Waals surface area (Å²) in [5.41, 5.74) is 7.00. The highest BCUT2D eigenvalue weighted by molar-refractivity contribution is 7.10. The molecule has 4 heteroatoms. The second-order valence-electron chi connectivity index (χ2n) is 6.58. The van der Waals surface area contributed by atoms with Gasteiger partial charge in [0.15, 0.2) is 0 Å². The Labute approximate surface area is 118 Å². The number of carbonyl (C=O) groups excluding carboxylic acids is 1. The first kappa shape index (κ1) is 13.1. The number of rotatable bonds is 3. The van der Waals surface area contributed by atoms with Crippen LogP contribution in [0.5, 0.6) is 0 Å². The second-order valence-corrected chi connectivity index (χ2v) is 7.58. The first-order valence-corrected chi connectivity index (χ1v) is 7.98. The van der Waals surface area contributed by atoms with Crippen molar-refractivity contribution in [3.05, 3.63) is 21.9 Å². The summed E-state index contributed by atoms with van der Waals surface area (Å²) < 4.78 is 0. The minimum Gasteiger partial charge on any atom is -0.335 e. The maximum atomic E-state index is 12.5. The highest BCUT2D eigenvalue weighted by atomic mass is 32.1. The van der Waals surface area contributed by atoms with E-state index in [-0.39, 0.29) is 5.91 Å². The molecule has 1 aliphatic heterocycles. The summed E-state index contributed by atoms with van der Waals surface area (Å²) in [7, 11) is 0. The summed E-state index contributed by atoms with van der Waals surface area (Å²) in [6.07, 6.45) is 3.97. The molecule has 19 heavy (non-hydrogen) atoms. The topological polar surface area (TPSA) is 46.3 Å².